The van der Waals surface area contributed by atoms with Crippen molar-refractivity contribution in [1.82, 2.24) is 5.32 Å². The highest BCUT2D eigenvalue weighted by Crippen LogP contribution is 1.85. The van der Waals surface area contributed by atoms with Crippen molar-refractivity contribution in [3.8, 4) is 0 Å². The van der Waals surface area contributed by atoms with Gasteiger partial charge in [0.1, 0.15) is 0 Å². The number of amides is 1. The number of hydrogen-bond acceptors (Lipinski definition) is 3. The molecule has 1 N–H and O–H groups in total. The second kappa shape index (κ2) is 6.67. The van der Waals surface area contributed by atoms with E-state index in [2.05, 4.69) is 10.1 Å². The lowest BCUT2D eigenvalue weighted by Crippen LogP contribution is -2.27. The molecule has 0 heterocycles. The van der Waals surface area contributed by atoms with Crippen LogP contribution in [0.15, 0.2) is 12.2 Å². The van der Waals surface area contributed by atoms with Gasteiger partial charge in [-0.05, 0) is 6.92 Å². The monoisotopic (exact) mass is 191 g/mol. The van der Waals surface area contributed by atoms with Crippen LogP contribution in [-0.2, 0) is 9.53 Å². The SMILES string of the molecule is CC=CCNC(=O)COC(=O)Cl. The molecule has 4 nitrogen and oxygen atoms in total. The number of nitrogens with one attached hydrogen (secondary N) is 1. The second-order valence-corrected chi connectivity index (χ2v) is 2.21. The maximum absolute atomic E-state index is 10.7. The zero-order valence-corrected chi connectivity index (χ0v) is 7.43. The van der Waals surface area contributed by atoms with Gasteiger partial charge < -0.3 is 10.1 Å². The first kappa shape index (κ1) is 11.0. The van der Waals surface area contributed by atoms with Gasteiger partial charge in [-0.15, -0.1) is 0 Å². The van der Waals surface area contributed by atoms with E-state index in [1.165, 1.54) is 0 Å². The molecule has 1 amide bonds. The van der Waals surface area contributed by atoms with Gasteiger partial charge in [-0.25, -0.2) is 4.79 Å². The summed E-state index contributed by atoms with van der Waals surface area (Å²) in [5, 5.41) is 2.48. The van der Waals surface area contributed by atoms with Crippen molar-refractivity contribution in [2.24, 2.45) is 0 Å². The fourth-order valence-electron chi connectivity index (χ4n) is 0.464. The zero-order valence-electron chi connectivity index (χ0n) is 6.67. The zero-order chi connectivity index (χ0) is 9.40. The van der Waals surface area contributed by atoms with Crippen molar-refractivity contribution in [3.63, 3.8) is 0 Å². The molecular weight excluding hydrogens is 182 g/mol. The summed E-state index contributed by atoms with van der Waals surface area (Å²) in [6.07, 6.45) is 3.56. The molecule has 5 heteroatoms. The number of carbonyl (C=O) groups is 2. The van der Waals surface area contributed by atoms with Crippen LogP contribution in [0, 0.1) is 0 Å². The largest absolute Gasteiger partial charge is 0.444 e. The molecule has 12 heavy (non-hydrogen) atoms. The molecule has 0 aromatic rings. The van der Waals surface area contributed by atoms with Gasteiger partial charge in [-0.2, -0.15) is 0 Å². The summed E-state index contributed by atoms with van der Waals surface area (Å²) in [6.45, 7) is 1.93. The van der Waals surface area contributed by atoms with Crippen molar-refractivity contribution in [2.45, 2.75) is 6.92 Å². The molecule has 68 valence electrons. The molecule has 0 unspecified atom stereocenters. The van der Waals surface area contributed by atoms with Crippen LogP contribution in [0.5, 0.6) is 0 Å². The first-order valence-corrected chi connectivity index (χ1v) is 3.74. The first-order chi connectivity index (χ1) is 5.66. The summed E-state index contributed by atoms with van der Waals surface area (Å²) < 4.78 is 4.22. The molecular formula is C7H10ClNO3. The minimum Gasteiger partial charge on any atom is -0.444 e. The van der Waals surface area contributed by atoms with E-state index in [9.17, 15) is 9.59 Å². The van der Waals surface area contributed by atoms with E-state index >= 15 is 0 Å². The number of rotatable bonds is 4. The molecule has 0 aromatic heterocycles. The summed E-state index contributed by atoms with van der Waals surface area (Å²) >= 11 is 4.83. The van der Waals surface area contributed by atoms with Crippen LogP contribution in [0.1, 0.15) is 6.92 Å². The lowest BCUT2D eigenvalue weighted by Gasteiger charge is -2.00. The number of halogens is 1. The summed E-state index contributed by atoms with van der Waals surface area (Å²) in [4.78, 5) is 20.8. The van der Waals surface area contributed by atoms with Gasteiger partial charge in [0.05, 0.1) is 0 Å². The van der Waals surface area contributed by atoms with Gasteiger partial charge in [0.15, 0.2) is 6.61 Å². The third-order valence-electron chi connectivity index (χ3n) is 0.970. The van der Waals surface area contributed by atoms with E-state index in [1.807, 2.05) is 6.92 Å². The predicted octanol–water partition coefficient (Wildman–Crippen LogP) is 1.05. The molecule has 0 saturated carbocycles. The molecule has 0 aromatic carbocycles. The number of ether oxygens (including phenoxy) is 1. The van der Waals surface area contributed by atoms with E-state index in [4.69, 9.17) is 11.6 Å². The Labute approximate surface area is 75.5 Å². The smallest absolute Gasteiger partial charge is 0.404 e. The van der Waals surface area contributed by atoms with Crippen LogP contribution in [0.25, 0.3) is 0 Å². The molecule has 0 atom stereocenters. The van der Waals surface area contributed by atoms with Crippen LogP contribution < -0.4 is 5.32 Å². The quantitative estimate of drug-likeness (QED) is 0.534. The van der Waals surface area contributed by atoms with Gasteiger partial charge >= 0.3 is 5.43 Å². The summed E-state index contributed by atoms with van der Waals surface area (Å²) in [5.41, 5.74) is -0.976. The Morgan fingerprint density at radius 1 is 1.58 bits per heavy atom. The van der Waals surface area contributed by atoms with Gasteiger partial charge in [0, 0.05) is 18.1 Å². The minimum atomic E-state index is -0.976. The Balaban J connectivity index is 3.40. The topological polar surface area (TPSA) is 55.4 Å². The lowest BCUT2D eigenvalue weighted by molar-refractivity contribution is -0.123. The highest BCUT2D eigenvalue weighted by atomic mass is 35.5. The highest BCUT2D eigenvalue weighted by molar-refractivity contribution is 6.61. The van der Waals surface area contributed by atoms with Crippen molar-refractivity contribution < 1.29 is 14.3 Å². The predicted molar refractivity (Wildman–Crippen MR) is 45.0 cm³/mol. The van der Waals surface area contributed by atoms with Crippen molar-refractivity contribution in [1.29, 1.82) is 0 Å². The second-order valence-electron chi connectivity index (χ2n) is 1.90. The number of hydrogen-bond donors (Lipinski definition) is 1. The van der Waals surface area contributed by atoms with Crippen LogP contribution in [0.2, 0.25) is 0 Å². The van der Waals surface area contributed by atoms with E-state index in [-0.39, 0.29) is 12.5 Å². The third-order valence-corrected chi connectivity index (χ3v) is 1.08. The molecule has 0 radical (unpaired) electrons. The Bertz CT molecular complexity index is 191. The Morgan fingerprint density at radius 2 is 2.25 bits per heavy atom. The van der Waals surface area contributed by atoms with E-state index in [1.54, 1.807) is 12.2 Å². The fourth-order valence-corrected chi connectivity index (χ4v) is 0.518. The van der Waals surface area contributed by atoms with Crippen LogP contribution >= 0.6 is 11.6 Å². The molecule has 0 spiro atoms. The maximum Gasteiger partial charge on any atom is 0.404 e. The van der Waals surface area contributed by atoms with E-state index in [0.717, 1.165) is 0 Å². The highest BCUT2D eigenvalue weighted by Gasteiger charge is 2.01. The molecule has 0 aliphatic rings. The van der Waals surface area contributed by atoms with Crippen molar-refractivity contribution in [3.05, 3.63) is 12.2 Å². The molecule has 0 aliphatic carbocycles. The average Bonchev–Trinajstić information content (AvgIpc) is 2.01. The van der Waals surface area contributed by atoms with Gasteiger partial charge in [0.25, 0.3) is 5.91 Å². The summed E-state index contributed by atoms with van der Waals surface area (Å²) in [5.74, 6) is -0.373. The molecule has 0 rings (SSSR count). The Kier molecular flexibility index (Phi) is 6.09. The lowest BCUT2D eigenvalue weighted by atomic mass is 10.5. The standard InChI is InChI=1S/C7H10ClNO3/c1-2-3-4-9-6(10)5-12-7(8)11/h2-3H,4-5H2,1H3,(H,9,10). The number of carbonyl (C=O) groups excluding carboxylic acids is 2. The third kappa shape index (κ3) is 7.08. The van der Waals surface area contributed by atoms with Gasteiger partial charge in [-0.3, -0.25) is 4.79 Å². The number of allylic oxidation sites excluding steroid dienone is 1. The normalized spacial score (nSPS) is 9.83. The van der Waals surface area contributed by atoms with Crippen molar-refractivity contribution in [2.75, 3.05) is 13.2 Å². The Morgan fingerprint density at radius 3 is 2.75 bits per heavy atom. The van der Waals surface area contributed by atoms with Gasteiger partial charge in [0.2, 0.25) is 0 Å². The van der Waals surface area contributed by atoms with E-state index in [0.29, 0.717) is 6.54 Å². The average molecular weight is 192 g/mol. The molecule has 0 fully saturated rings. The molecule has 0 aliphatic heterocycles. The van der Waals surface area contributed by atoms with Crippen LogP contribution in [0.4, 0.5) is 4.79 Å². The first-order valence-electron chi connectivity index (χ1n) is 3.37. The summed E-state index contributed by atoms with van der Waals surface area (Å²) in [7, 11) is 0. The summed E-state index contributed by atoms with van der Waals surface area (Å²) in [6, 6.07) is 0. The van der Waals surface area contributed by atoms with Gasteiger partial charge in [-0.1, -0.05) is 12.2 Å². The van der Waals surface area contributed by atoms with Crippen molar-refractivity contribution >= 4 is 22.9 Å². The Hall–Kier alpha value is -1.03. The maximum atomic E-state index is 10.7. The minimum absolute atomic E-state index is 0.333. The van der Waals surface area contributed by atoms with Crippen LogP contribution in [-0.4, -0.2) is 24.5 Å². The fraction of sp³-hybridized carbons (Fsp3) is 0.429. The molecule has 0 bridgehead atoms. The molecule has 0 saturated heterocycles. The van der Waals surface area contributed by atoms with Crippen LogP contribution in [0.3, 0.4) is 0 Å². The van der Waals surface area contributed by atoms with E-state index < -0.39 is 5.43 Å².